The molecule has 128 valence electrons. The van der Waals surface area contributed by atoms with Crippen molar-refractivity contribution >= 4 is 22.6 Å². The highest BCUT2D eigenvalue weighted by Crippen LogP contribution is 2.20. The number of anilines is 1. The van der Waals surface area contributed by atoms with Crippen LogP contribution in [0.5, 0.6) is 0 Å². The van der Waals surface area contributed by atoms with E-state index >= 15 is 0 Å². The van der Waals surface area contributed by atoms with E-state index in [2.05, 4.69) is 15.4 Å². The summed E-state index contributed by atoms with van der Waals surface area (Å²) in [6, 6.07) is 7.27. The number of pyridine rings is 1. The van der Waals surface area contributed by atoms with Gasteiger partial charge in [0.1, 0.15) is 0 Å². The average Bonchev–Trinajstić information content (AvgIpc) is 2.98. The lowest BCUT2D eigenvalue weighted by Crippen LogP contribution is -2.53. The van der Waals surface area contributed by atoms with Gasteiger partial charge in [-0.25, -0.2) is 4.79 Å². The highest BCUT2D eigenvalue weighted by atomic mass is 32.2. The summed E-state index contributed by atoms with van der Waals surface area (Å²) in [6.45, 7) is 5.36. The zero-order valence-electron chi connectivity index (χ0n) is 13.8. The van der Waals surface area contributed by atoms with Crippen LogP contribution in [0.2, 0.25) is 0 Å². The summed E-state index contributed by atoms with van der Waals surface area (Å²) in [7, 11) is -0.901. The second-order valence-corrected chi connectivity index (χ2v) is 8.59. The molecule has 1 unspecified atom stereocenters. The topological polar surface area (TPSA) is 80.1 Å². The number of amides is 2. The highest BCUT2D eigenvalue weighted by Gasteiger charge is 2.35. The number of rotatable bonds is 3. The summed E-state index contributed by atoms with van der Waals surface area (Å²) in [6.07, 6.45) is 3.54. The van der Waals surface area contributed by atoms with Gasteiger partial charge in [0.2, 0.25) is 0 Å². The summed E-state index contributed by atoms with van der Waals surface area (Å²) in [4.78, 5) is 18.3. The van der Waals surface area contributed by atoms with Crippen molar-refractivity contribution in [2.24, 2.45) is 0 Å². The van der Waals surface area contributed by atoms with Crippen molar-refractivity contribution < 1.29 is 9.00 Å². The van der Waals surface area contributed by atoms with E-state index in [0.29, 0.717) is 31.2 Å². The summed E-state index contributed by atoms with van der Waals surface area (Å²) in [5.74, 6) is 1.01. The van der Waals surface area contributed by atoms with E-state index in [-0.39, 0.29) is 10.8 Å². The van der Waals surface area contributed by atoms with Crippen LogP contribution in [0.1, 0.15) is 19.5 Å². The summed E-state index contributed by atoms with van der Waals surface area (Å²) in [5, 5.41) is 7.16. The number of carbonyl (C=O) groups excluding carboxylic acids is 1. The second kappa shape index (κ2) is 6.72. The van der Waals surface area contributed by atoms with Gasteiger partial charge in [-0.2, -0.15) is 5.10 Å². The molecule has 0 spiro atoms. The number of hydrogen-bond donors (Lipinski definition) is 1. The van der Waals surface area contributed by atoms with Crippen LogP contribution in [-0.4, -0.2) is 53.5 Å². The third-order valence-electron chi connectivity index (χ3n) is 3.95. The summed E-state index contributed by atoms with van der Waals surface area (Å²) in [5.41, 5.74) is 0.902. The van der Waals surface area contributed by atoms with Crippen molar-refractivity contribution in [2.75, 3.05) is 24.2 Å². The van der Waals surface area contributed by atoms with Crippen molar-refractivity contribution in [3.05, 3.63) is 42.4 Å². The molecule has 1 fully saturated rings. The van der Waals surface area contributed by atoms with E-state index in [1.807, 2.05) is 32.0 Å². The van der Waals surface area contributed by atoms with Crippen molar-refractivity contribution in [2.45, 2.75) is 25.1 Å². The standard InChI is InChI=1S/C16H21N5O2S/c1-16(2)12-20(9-10-24(16)23)15(22)18-14-6-8-21(19-14)11-13-5-3-4-7-17-13/h3-8H,9-12H2,1-2H3,(H,18,19,22). The highest BCUT2D eigenvalue weighted by molar-refractivity contribution is 7.86. The lowest BCUT2D eigenvalue weighted by atomic mass is 10.2. The van der Waals surface area contributed by atoms with Gasteiger partial charge in [0.15, 0.2) is 5.82 Å². The molecule has 0 aliphatic carbocycles. The molecule has 24 heavy (non-hydrogen) atoms. The number of urea groups is 1. The molecule has 2 amide bonds. The zero-order valence-corrected chi connectivity index (χ0v) is 14.6. The average molecular weight is 347 g/mol. The monoisotopic (exact) mass is 347 g/mol. The number of aromatic nitrogens is 3. The van der Waals surface area contributed by atoms with Crippen LogP contribution in [-0.2, 0) is 17.3 Å². The van der Waals surface area contributed by atoms with Crippen LogP contribution in [0, 0.1) is 0 Å². The lowest BCUT2D eigenvalue weighted by Gasteiger charge is -2.36. The van der Waals surface area contributed by atoms with E-state index in [1.54, 1.807) is 28.0 Å². The minimum Gasteiger partial charge on any atom is -0.322 e. The molecule has 1 aliphatic heterocycles. The van der Waals surface area contributed by atoms with Gasteiger partial charge in [-0.1, -0.05) is 6.07 Å². The minimum absolute atomic E-state index is 0.206. The SMILES string of the molecule is CC1(C)CN(C(=O)Nc2ccn(Cc3ccccn3)n2)CCS1=O. The van der Waals surface area contributed by atoms with Crippen LogP contribution in [0.3, 0.4) is 0 Å². The first-order valence-corrected chi connectivity index (χ1v) is 9.14. The Hall–Kier alpha value is -2.22. The maximum Gasteiger partial charge on any atom is 0.323 e. The van der Waals surface area contributed by atoms with Crippen LogP contribution in [0.15, 0.2) is 36.7 Å². The Balaban J connectivity index is 1.60. The predicted octanol–water partition coefficient (Wildman–Crippen LogP) is 1.70. The normalized spacial score (nSPS) is 19.9. The van der Waals surface area contributed by atoms with Crippen molar-refractivity contribution in [3.63, 3.8) is 0 Å². The molecule has 0 bridgehead atoms. The first-order chi connectivity index (χ1) is 11.4. The predicted molar refractivity (Wildman–Crippen MR) is 93.2 cm³/mol. The molecule has 0 saturated carbocycles. The molecule has 2 aromatic rings. The maximum atomic E-state index is 12.4. The molecular weight excluding hydrogens is 326 g/mol. The van der Waals surface area contributed by atoms with Crippen LogP contribution in [0.4, 0.5) is 10.6 Å². The Morgan fingerprint density at radius 1 is 1.38 bits per heavy atom. The molecule has 8 heteroatoms. The molecule has 0 radical (unpaired) electrons. The Bertz CT molecular complexity index is 744. The van der Waals surface area contributed by atoms with Gasteiger partial charge < -0.3 is 4.90 Å². The van der Waals surface area contributed by atoms with Gasteiger partial charge >= 0.3 is 6.03 Å². The van der Waals surface area contributed by atoms with Crippen molar-refractivity contribution in [1.82, 2.24) is 19.7 Å². The van der Waals surface area contributed by atoms with Crippen molar-refractivity contribution in [3.8, 4) is 0 Å². The van der Waals surface area contributed by atoms with Crippen LogP contribution < -0.4 is 5.32 Å². The quantitative estimate of drug-likeness (QED) is 0.916. The van der Waals surface area contributed by atoms with E-state index < -0.39 is 10.8 Å². The third-order valence-corrected chi connectivity index (χ3v) is 5.86. The van der Waals surface area contributed by atoms with Crippen molar-refractivity contribution in [1.29, 1.82) is 0 Å². The molecule has 0 aromatic carbocycles. The van der Waals surface area contributed by atoms with Gasteiger partial charge in [0.25, 0.3) is 0 Å². The Labute approximate surface area is 143 Å². The fraction of sp³-hybridized carbons (Fsp3) is 0.438. The lowest BCUT2D eigenvalue weighted by molar-refractivity contribution is 0.207. The molecule has 1 aliphatic rings. The Kier molecular flexibility index (Phi) is 4.66. The Morgan fingerprint density at radius 2 is 2.21 bits per heavy atom. The first kappa shape index (κ1) is 16.6. The largest absolute Gasteiger partial charge is 0.323 e. The maximum absolute atomic E-state index is 12.4. The number of carbonyl (C=O) groups is 1. The molecule has 1 saturated heterocycles. The van der Waals surface area contributed by atoms with E-state index in [9.17, 15) is 9.00 Å². The number of nitrogens with one attached hydrogen (secondary N) is 1. The second-order valence-electron chi connectivity index (χ2n) is 6.38. The molecule has 7 nitrogen and oxygen atoms in total. The van der Waals surface area contributed by atoms with Gasteiger partial charge in [0, 0.05) is 48.1 Å². The summed E-state index contributed by atoms with van der Waals surface area (Å²) >= 11 is 0. The smallest absolute Gasteiger partial charge is 0.322 e. The zero-order chi connectivity index (χ0) is 17.2. The van der Waals surface area contributed by atoms with E-state index in [1.165, 1.54) is 0 Å². The van der Waals surface area contributed by atoms with Gasteiger partial charge in [-0.3, -0.25) is 19.2 Å². The number of nitrogens with zero attached hydrogens (tertiary/aromatic N) is 4. The minimum atomic E-state index is -0.901. The molecule has 3 rings (SSSR count). The molecule has 1 N–H and O–H groups in total. The number of hydrogen-bond acceptors (Lipinski definition) is 4. The van der Waals surface area contributed by atoms with Crippen LogP contribution >= 0.6 is 0 Å². The molecule has 2 aromatic heterocycles. The van der Waals surface area contributed by atoms with Crippen LogP contribution in [0.25, 0.3) is 0 Å². The molecular formula is C16H21N5O2S. The molecule has 3 heterocycles. The molecule has 1 atom stereocenters. The third kappa shape index (κ3) is 3.81. The van der Waals surface area contributed by atoms with Gasteiger partial charge in [0.05, 0.1) is 17.0 Å². The fourth-order valence-electron chi connectivity index (χ4n) is 2.62. The van der Waals surface area contributed by atoms with Gasteiger partial charge in [-0.05, 0) is 26.0 Å². The van der Waals surface area contributed by atoms with Gasteiger partial charge in [-0.15, -0.1) is 0 Å². The van der Waals surface area contributed by atoms with E-state index in [4.69, 9.17) is 0 Å². The Morgan fingerprint density at radius 3 is 2.92 bits per heavy atom. The summed E-state index contributed by atoms with van der Waals surface area (Å²) < 4.78 is 13.3. The van der Waals surface area contributed by atoms with E-state index in [0.717, 1.165) is 5.69 Å². The fourth-order valence-corrected chi connectivity index (χ4v) is 3.85. The first-order valence-electron chi connectivity index (χ1n) is 7.82.